The van der Waals surface area contributed by atoms with Gasteiger partial charge in [-0.05, 0) is 79.6 Å². The van der Waals surface area contributed by atoms with Crippen LogP contribution in [-0.4, -0.2) is 44.7 Å². The minimum Gasteiger partial charge on any atom is -0.493 e. The van der Waals surface area contributed by atoms with Gasteiger partial charge in [0.15, 0.2) is 11.5 Å². The van der Waals surface area contributed by atoms with Crippen molar-refractivity contribution in [1.29, 1.82) is 0 Å². The van der Waals surface area contributed by atoms with Crippen LogP contribution in [0, 0.1) is 17.7 Å². The zero-order valence-electron chi connectivity index (χ0n) is 20.3. The van der Waals surface area contributed by atoms with E-state index in [9.17, 15) is 9.18 Å². The van der Waals surface area contributed by atoms with Crippen molar-refractivity contribution in [3.8, 4) is 11.5 Å². The van der Waals surface area contributed by atoms with Gasteiger partial charge in [-0.3, -0.25) is 4.79 Å². The summed E-state index contributed by atoms with van der Waals surface area (Å²) in [5.41, 5.74) is 2.18. The molecule has 1 aliphatic rings. The van der Waals surface area contributed by atoms with Crippen LogP contribution in [-0.2, 0) is 11.2 Å². The van der Waals surface area contributed by atoms with Gasteiger partial charge in [-0.25, -0.2) is 4.39 Å². The van der Waals surface area contributed by atoms with Gasteiger partial charge in [0.1, 0.15) is 5.82 Å². The maximum Gasteiger partial charge on any atom is 0.220 e. The molecule has 1 aliphatic heterocycles. The highest BCUT2D eigenvalue weighted by atomic mass is 19.1. The topological polar surface area (TPSA) is 50.8 Å². The number of hydrogen-bond donors (Lipinski definition) is 1. The van der Waals surface area contributed by atoms with E-state index in [4.69, 9.17) is 9.47 Å². The monoisotopic (exact) mass is 456 g/mol. The van der Waals surface area contributed by atoms with Crippen LogP contribution < -0.4 is 14.8 Å². The smallest absolute Gasteiger partial charge is 0.220 e. The Labute approximate surface area is 197 Å². The summed E-state index contributed by atoms with van der Waals surface area (Å²) in [6.45, 7) is 7.17. The highest BCUT2D eigenvalue weighted by Crippen LogP contribution is 2.28. The normalized spacial score (nSPS) is 15.9. The zero-order valence-corrected chi connectivity index (χ0v) is 20.3. The predicted octanol–water partition coefficient (Wildman–Crippen LogP) is 5.00. The van der Waals surface area contributed by atoms with Gasteiger partial charge in [0, 0.05) is 13.0 Å². The molecule has 2 aromatic carbocycles. The number of ether oxygens (including phenoxy) is 2. The minimum atomic E-state index is -0.259. The van der Waals surface area contributed by atoms with Crippen molar-refractivity contribution < 1.29 is 18.7 Å². The van der Waals surface area contributed by atoms with Gasteiger partial charge in [0.25, 0.3) is 0 Å². The summed E-state index contributed by atoms with van der Waals surface area (Å²) in [5, 5.41) is 3.18. The molecule has 1 heterocycles. The molecule has 0 aromatic heterocycles. The number of amides is 1. The van der Waals surface area contributed by atoms with E-state index in [-0.39, 0.29) is 23.7 Å². The summed E-state index contributed by atoms with van der Waals surface area (Å²) in [5.74, 6) is 1.98. The van der Waals surface area contributed by atoms with Crippen LogP contribution in [0.5, 0.6) is 11.5 Å². The molecule has 33 heavy (non-hydrogen) atoms. The molecule has 0 radical (unpaired) electrons. The predicted molar refractivity (Wildman–Crippen MR) is 129 cm³/mol. The van der Waals surface area contributed by atoms with Crippen LogP contribution in [0.3, 0.4) is 0 Å². The molecule has 2 aromatic rings. The number of rotatable bonds is 10. The lowest BCUT2D eigenvalue weighted by atomic mass is 9.91. The van der Waals surface area contributed by atoms with E-state index in [1.807, 2.05) is 12.1 Å². The first-order valence-electron chi connectivity index (χ1n) is 11.9. The van der Waals surface area contributed by atoms with Crippen LogP contribution in [0.15, 0.2) is 42.5 Å². The second kappa shape index (κ2) is 12.0. The Balaban J connectivity index is 1.44. The van der Waals surface area contributed by atoms with Crippen molar-refractivity contribution >= 4 is 5.91 Å². The van der Waals surface area contributed by atoms with Crippen molar-refractivity contribution in [2.24, 2.45) is 11.8 Å². The minimum absolute atomic E-state index is 0.0850. The number of halogens is 1. The Morgan fingerprint density at radius 3 is 2.33 bits per heavy atom. The van der Waals surface area contributed by atoms with Crippen LogP contribution in [0.25, 0.3) is 0 Å². The van der Waals surface area contributed by atoms with Crippen molar-refractivity contribution in [3.05, 3.63) is 59.4 Å². The molecule has 1 amide bonds. The zero-order chi connectivity index (χ0) is 23.8. The molecule has 1 fully saturated rings. The molecule has 180 valence electrons. The third kappa shape index (κ3) is 7.19. The summed E-state index contributed by atoms with van der Waals surface area (Å²) < 4.78 is 24.0. The number of methoxy groups -OCH3 is 2. The van der Waals surface area contributed by atoms with Crippen LogP contribution in [0.4, 0.5) is 4.39 Å². The number of carbonyl (C=O) groups is 1. The van der Waals surface area contributed by atoms with Crippen molar-refractivity contribution in [2.75, 3.05) is 33.9 Å². The van der Waals surface area contributed by atoms with E-state index in [2.05, 4.69) is 30.1 Å². The standard InChI is InChI=1S/C27H37FN2O3/c1-19(2)27(22-6-8-23(28)9-7-22)29-26(31)18-21-12-15-30(16-13-21)14-11-20-5-10-24(32-3)25(17-20)33-4/h5-10,17,19,21,27H,11-16,18H2,1-4H3,(H,29,31)/t27-/m1/s1. The number of nitrogens with zero attached hydrogens (tertiary/aromatic N) is 1. The third-order valence-electron chi connectivity index (χ3n) is 6.56. The Hall–Kier alpha value is -2.60. The van der Waals surface area contributed by atoms with Gasteiger partial charge in [0.2, 0.25) is 5.91 Å². The fraction of sp³-hybridized carbons (Fsp3) is 0.519. The lowest BCUT2D eigenvalue weighted by molar-refractivity contribution is -0.123. The summed E-state index contributed by atoms with van der Waals surface area (Å²) in [6, 6.07) is 12.4. The van der Waals surface area contributed by atoms with Gasteiger partial charge in [-0.1, -0.05) is 32.0 Å². The molecule has 5 nitrogen and oxygen atoms in total. The highest BCUT2D eigenvalue weighted by Gasteiger charge is 2.24. The maximum absolute atomic E-state index is 13.3. The molecule has 0 saturated carbocycles. The SMILES string of the molecule is COc1ccc(CCN2CCC(CC(=O)N[C@@H](c3ccc(F)cc3)C(C)C)CC2)cc1OC. The van der Waals surface area contributed by atoms with Crippen molar-refractivity contribution in [3.63, 3.8) is 0 Å². The van der Waals surface area contributed by atoms with Crippen LogP contribution in [0.2, 0.25) is 0 Å². The van der Waals surface area contributed by atoms with Crippen molar-refractivity contribution in [1.82, 2.24) is 10.2 Å². The quantitative estimate of drug-likeness (QED) is 0.547. The molecule has 0 aliphatic carbocycles. The van der Waals surface area contributed by atoms with E-state index in [1.54, 1.807) is 26.4 Å². The molecular weight excluding hydrogens is 419 g/mol. The summed E-state index contributed by atoms with van der Waals surface area (Å²) in [7, 11) is 3.30. The average molecular weight is 457 g/mol. The number of piperidine rings is 1. The fourth-order valence-corrected chi connectivity index (χ4v) is 4.54. The lowest BCUT2D eigenvalue weighted by Crippen LogP contribution is -2.38. The van der Waals surface area contributed by atoms with Gasteiger partial charge in [-0.15, -0.1) is 0 Å². The van der Waals surface area contributed by atoms with E-state index in [0.717, 1.165) is 56.0 Å². The van der Waals surface area contributed by atoms with Gasteiger partial charge in [-0.2, -0.15) is 0 Å². The Kier molecular flexibility index (Phi) is 9.12. The first-order chi connectivity index (χ1) is 15.9. The Morgan fingerprint density at radius 1 is 1.06 bits per heavy atom. The van der Waals surface area contributed by atoms with Crippen molar-refractivity contribution in [2.45, 2.75) is 45.6 Å². The van der Waals surface area contributed by atoms with Gasteiger partial charge >= 0.3 is 0 Å². The van der Waals surface area contributed by atoms with Crippen LogP contribution >= 0.6 is 0 Å². The van der Waals surface area contributed by atoms with E-state index in [0.29, 0.717) is 12.3 Å². The molecule has 1 N–H and O–H groups in total. The molecule has 0 unspecified atom stereocenters. The number of hydrogen-bond acceptors (Lipinski definition) is 4. The lowest BCUT2D eigenvalue weighted by Gasteiger charge is -2.32. The molecule has 0 spiro atoms. The Bertz CT molecular complexity index is 893. The second-order valence-electron chi connectivity index (χ2n) is 9.27. The average Bonchev–Trinajstić information content (AvgIpc) is 2.82. The maximum atomic E-state index is 13.3. The number of benzene rings is 2. The molecule has 1 saturated heterocycles. The summed E-state index contributed by atoms with van der Waals surface area (Å²) in [6.07, 6.45) is 3.57. The van der Waals surface area contributed by atoms with Gasteiger partial charge < -0.3 is 19.7 Å². The fourth-order valence-electron chi connectivity index (χ4n) is 4.54. The number of nitrogens with one attached hydrogen (secondary N) is 1. The summed E-state index contributed by atoms with van der Waals surface area (Å²) in [4.78, 5) is 15.2. The number of carbonyl (C=O) groups excluding carboxylic acids is 1. The molecule has 0 bridgehead atoms. The van der Waals surface area contributed by atoms with E-state index < -0.39 is 0 Å². The molecule has 1 atom stereocenters. The first kappa shape index (κ1) is 25.0. The second-order valence-corrected chi connectivity index (χ2v) is 9.27. The van der Waals surface area contributed by atoms with E-state index >= 15 is 0 Å². The number of likely N-dealkylation sites (tertiary alicyclic amines) is 1. The third-order valence-corrected chi connectivity index (χ3v) is 6.56. The van der Waals surface area contributed by atoms with Crippen LogP contribution in [0.1, 0.15) is 50.3 Å². The molecular formula is C27H37FN2O3. The van der Waals surface area contributed by atoms with E-state index in [1.165, 1.54) is 17.7 Å². The highest BCUT2D eigenvalue weighted by molar-refractivity contribution is 5.76. The largest absolute Gasteiger partial charge is 0.493 e. The Morgan fingerprint density at radius 2 is 1.73 bits per heavy atom. The van der Waals surface area contributed by atoms with Gasteiger partial charge in [0.05, 0.1) is 20.3 Å². The molecule has 3 rings (SSSR count). The first-order valence-corrected chi connectivity index (χ1v) is 11.9. The summed E-state index contributed by atoms with van der Waals surface area (Å²) >= 11 is 0. The molecule has 6 heteroatoms.